The van der Waals surface area contributed by atoms with Crippen molar-refractivity contribution >= 4 is 24.1 Å². The first kappa shape index (κ1) is 16.6. The van der Waals surface area contributed by atoms with Crippen LogP contribution in [-0.4, -0.2) is 31.3 Å². The molecule has 0 spiro atoms. The van der Waals surface area contributed by atoms with E-state index in [1.165, 1.54) is 6.92 Å². The zero-order chi connectivity index (χ0) is 12.8. The minimum atomic E-state index is -0.123. The van der Waals surface area contributed by atoms with E-state index < -0.39 is 0 Å². The van der Waals surface area contributed by atoms with Crippen LogP contribution in [0.1, 0.15) is 34.6 Å². The van der Waals surface area contributed by atoms with E-state index in [0.29, 0.717) is 17.7 Å². The molecule has 18 heavy (non-hydrogen) atoms. The van der Waals surface area contributed by atoms with Gasteiger partial charge in [0.2, 0.25) is 0 Å². The van der Waals surface area contributed by atoms with Gasteiger partial charge in [0.25, 0.3) is 5.91 Å². The first-order valence-electron chi connectivity index (χ1n) is 5.61. The summed E-state index contributed by atoms with van der Waals surface area (Å²) in [5.41, 5.74) is 1.18. The smallest absolute Gasteiger partial charge is 0.251 e. The lowest BCUT2D eigenvalue weighted by Gasteiger charge is -2.11. The maximum Gasteiger partial charge on any atom is 0.251 e. The number of nitrogens with one attached hydrogen (secondary N) is 2. The van der Waals surface area contributed by atoms with E-state index in [2.05, 4.69) is 10.6 Å². The van der Waals surface area contributed by atoms with Gasteiger partial charge >= 0.3 is 0 Å². The summed E-state index contributed by atoms with van der Waals surface area (Å²) in [5, 5.41) is 5.85. The molecule has 1 atom stereocenters. The van der Waals surface area contributed by atoms with Crippen LogP contribution in [0.5, 0.6) is 0 Å². The number of benzene rings is 1. The van der Waals surface area contributed by atoms with Crippen molar-refractivity contribution in [2.24, 2.45) is 0 Å². The Morgan fingerprint density at radius 1 is 1.17 bits per heavy atom. The fraction of sp³-hybridized carbons (Fsp3) is 0.385. The number of carbonyl (C=O) groups is 2. The van der Waals surface area contributed by atoms with E-state index >= 15 is 0 Å². The van der Waals surface area contributed by atoms with Crippen LogP contribution in [0.3, 0.4) is 0 Å². The number of amides is 1. The van der Waals surface area contributed by atoms with Crippen LogP contribution in [0.15, 0.2) is 24.3 Å². The van der Waals surface area contributed by atoms with Crippen molar-refractivity contribution in [3.63, 3.8) is 0 Å². The maximum absolute atomic E-state index is 11.7. The molecule has 1 unspecified atom stereocenters. The van der Waals surface area contributed by atoms with Crippen LogP contribution in [0.4, 0.5) is 0 Å². The number of carbonyl (C=O) groups excluding carboxylic acids is 2. The van der Waals surface area contributed by atoms with Gasteiger partial charge in [-0.3, -0.25) is 9.59 Å². The molecule has 0 saturated carbocycles. The topological polar surface area (TPSA) is 58.2 Å². The van der Waals surface area contributed by atoms with Crippen molar-refractivity contribution in [3.8, 4) is 0 Å². The van der Waals surface area contributed by atoms with E-state index in [0.717, 1.165) is 0 Å². The van der Waals surface area contributed by atoms with Crippen molar-refractivity contribution in [1.82, 2.24) is 10.6 Å². The molecule has 0 bridgehead atoms. The van der Waals surface area contributed by atoms with Crippen LogP contribution in [0.25, 0.3) is 0 Å². The number of hydrogen-bond donors (Lipinski definition) is 2. The highest BCUT2D eigenvalue weighted by Crippen LogP contribution is 2.05. The molecule has 1 rings (SSSR count). The molecule has 0 heterocycles. The average Bonchev–Trinajstić information content (AvgIpc) is 2.35. The maximum atomic E-state index is 11.7. The fourth-order valence-corrected chi connectivity index (χ4v) is 1.31. The number of halogens is 1. The van der Waals surface area contributed by atoms with Crippen LogP contribution in [-0.2, 0) is 0 Å². The Labute approximate surface area is 114 Å². The zero-order valence-corrected chi connectivity index (χ0v) is 11.6. The first-order valence-corrected chi connectivity index (χ1v) is 5.61. The molecular formula is C13H19ClN2O2. The summed E-state index contributed by atoms with van der Waals surface area (Å²) in [6.45, 7) is 4.06. The van der Waals surface area contributed by atoms with Crippen LogP contribution < -0.4 is 10.6 Å². The van der Waals surface area contributed by atoms with E-state index in [1.807, 2.05) is 14.0 Å². The Hall–Kier alpha value is -1.39. The lowest BCUT2D eigenvalue weighted by Crippen LogP contribution is -2.37. The molecule has 2 N–H and O–H groups in total. The predicted octanol–water partition coefficient (Wildman–Crippen LogP) is 1.65. The molecule has 0 aliphatic carbocycles. The SMILES string of the molecule is CNC(C)CNC(=O)c1ccc(C(C)=O)cc1.Cl. The molecule has 0 radical (unpaired) electrons. The molecule has 0 aliphatic heterocycles. The fourth-order valence-electron chi connectivity index (χ4n) is 1.31. The Balaban J connectivity index is 0.00000289. The van der Waals surface area contributed by atoms with Crippen molar-refractivity contribution in [2.45, 2.75) is 19.9 Å². The molecule has 0 fully saturated rings. The van der Waals surface area contributed by atoms with Gasteiger partial charge in [-0.15, -0.1) is 12.4 Å². The molecule has 1 aromatic carbocycles. The second-order valence-corrected chi connectivity index (χ2v) is 4.03. The highest BCUT2D eigenvalue weighted by atomic mass is 35.5. The van der Waals surface area contributed by atoms with Gasteiger partial charge in [0.15, 0.2) is 5.78 Å². The summed E-state index contributed by atoms with van der Waals surface area (Å²) in [6.07, 6.45) is 0. The quantitative estimate of drug-likeness (QED) is 0.800. The number of rotatable bonds is 5. The molecule has 0 aromatic heterocycles. The predicted molar refractivity (Wildman–Crippen MR) is 74.5 cm³/mol. The lowest BCUT2D eigenvalue weighted by atomic mass is 10.1. The van der Waals surface area contributed by atoms with E-state index in [4.69, 9.17) is 0 Å². The van der Waals surface area contributed by atoms with E-state index in [9.17, 15) is 9.59 Å². The summed E-state index contributed by atoms with van der Waals surface area (Å²) in [6, 6.07) is 6.89. The van der Waals surface area contributed by atoms with Crippen molar-refractivity contribution in [3.05, 3.63) is 35.4 Å². The molecular weight excluding hydrogens is 252 g/mol. The van der Waals surface area contributed by atoms with Gasteiger partial charge in [-0.05, 0) is 33.0 Å². The van der Waals surface area contributed by atoms with Gasteiger partial charge in [0.05, 0.1) is 0 Å². The standard InChI is InChI=1S/C13H18N2O2.ClH/c1-9(14-3)8-15-13(17)12-6-4-11(5-7-12)10(2)16;/h4-7,9,14H,8H2,1-3H3,(H,15,17);1H. The summed E-state index contributed by atoms with van der Waals surface area (Å²) in [5.74, 6) is -0.122. The second kappa shape index (κ2) is 7.84. The third kappa shape index (κ3) is 4.85. The van der Waals surface area contributed by atoms with Crippen molar-refractivity contribution < 1.29 is 9.59 Å². The first-order chi connectivity index (χ1) is 8.04. The third-order valence-electron chi connectivity index (χ3n) is 2.62. The highest BCUT2D eigenvalue weighted by molar-refractivity contribution is 5.97. The average molecular weight is 271 g/mol. The Morgan fingerprint density at radius 2 is 1.67 bits per heavy atom. The van der Waals surface area contributed by atoms with Crippen LogP contribution in [0.2, 0.25) is 0 Å². The van der Waals surface area contributed by atoms with Crippen LogP contribution >= 0.6 is 12.4 Å². The minimum absolute atomic E-state index is 0. The second-order valence-electron chi connectivity index (χ2n) is 4.03. The largest absolute Gasteiger partial charge is 0.350 e. The molecule has 5 heteroatoms. The normalized spacial score (nSPS) is 11.3. The summed E-state index contributed by atoms with van der Waals surface area (Å²) in [7, 11) is 1.85. The van der Waals surface area contributed by atoms with Crippen molar-refractivity contribution in [2.75, 3.05) is 13.6 Å². The van der Waals surface area contributed by atoms with Gasteiger partial charge in [-0.2, -0.15) is 0 Å². The molecule has 1 aromatic rings. The van der Waals surface area contributed by atoms with E-state index in [1.54, 1.807) is 24.3 Å². The Bertz CT molecular complexity index is 404. The van der Waals surface area contributed by atoms with Gasteiger partial charge in [-0.1, -0.05) is 12.1 Å². The highest BCUT2D eigenvalue weighted by Gasteiger charge is 2.07. The monoisotopic (exact) mass is 270 g/mol. The number of Topliss-reactive ketones (excluding diaryl/α,β-unsaturated/α-hetero) is 1. The van der Waals surface area contributed by atoms with Gasteiger partial charge in [0, 0.05) is 23.7 Å². The van der Waals surface area contributed by atoms with Gasteiger partial charge in [-0.25, -0.2) is 0 Å². The van der Waals surface area contributed by atoms with Gasteiger partial charge in [0.1, 0.15) is 0 Å². The molecule has 0 aliphatic rings. The third-order valence-corrected chi connectivity index (χ3v) is 2.62. The summed E-state index contributed by atoms with van der Waals surface area (Å²) in [4.78, 5) is 22.8. The number of hydrogen-bond acceptors (Lipinski definition) is 3. The molecule has 100 valence electrons. The van der Waals surface area contributed by atoms with E-state index in [-0.39, 0.29) is 30.1 Å². The molecule has 1 amide bonds. The Kier molecular flexibility index (Phi) is 7.24. The minimum Gasteiger partial charge on any atom is -0.350 e. The van der Waals surface area contributed by atoms with Crippen molar-refractivity contribution in [1.29, 1.82) is 0 Å². The van der Waals surface area contributed by atoms with Crippen LogP contribution in [0, 0.1) is 0 Å². The number of ketones is 1. The molecule has 4 nitrogen and oxygen atoms in total. The summed E-state index contributed by atoms with van der Waals surface area (Å²) < 4.78 is 0. The Morgan fingerprint density at radius 3 is 2.11 bits per heavy atom. The molecule has 0 saturated heterocycles. The zero-order valence-electron chi connectivity index (χ0n) is 10.8. The number of likely N-dealkylation sites (N-methyl/N-ethyl adjacent to an activating group) is 1. The van der Waals surface area contributed by atoms with Gasteiger partial charge < -0.3 is 10.6 Å². The summed E-state index contributed by atoms with van der Waals surface area (Å²) >= 11 is 0. The lowest BCUT2D eigenvalue weighted by molar-refractivity contribution is 0.0948.